The lowest BCUT2D eigenvalue weighted by atomic mass is 9.90. The smallest absolute Gasteiger partial charge is 0.329 e. The minimum absolute atomic E-state index is 0.278. The third kappa shape index (κ3) is 3.95. The minimum Gasteiger partial charge on any atom is -0.480 e. The molecule has 0 atom stereocenters. The fourth-order valence-corrected chi connectivity index (χ4v) is 2.38. The zero-order chi connectivity index (χ0) is 15.3. The van der Waals surface area contributed by atoms with E-state index in [1.807, 2.05) is 31.2 Å². The molecule has 1 aliphatic heterocycles. The van der Waals surface area contributed by atoms with E-state index in [0.29, 0.717) is 19.8 Å². The van der Waals surface area contributed by atoms with Crippen LogP contribution < -0.4 is 10.6 Å². The van der Waals surface area contributed by atoms with Gasteiger partial charge >= 0.3 is 12.0 Å². The van der Waals surface area contributed by atoms with Gasteiger partial charge < -0.3 is 20.5 Å². The predicted octanol–water partition coefficient (Wildman–Crippen LogP) is 1.43. The molecule has 0 saturated carbocycles. The van der Waals surface area contributed by atoms with E-state index >= 15 is 0 Å². The molecular weight excluding hydrogens is 272 g/mol. The first-order valence-electron chi connectivity index (χ1n) is 6.94. The molecule has 0 spiro atoms. The van der Waals surface area contributed by atoms with Crippen molar-refractivity contribution < 1.29 is 19.4 Å². The molecule has 1 aromatic rings. The molecule has 1 fully saturated rings. The van der Waals surface area contributed by atoms with Gasteiger partial charge in [0.1, 0.15) is 5.54 Å². The van der Waals surface area contributed by atoms with E-state index in [1.165, 1.54) is 0 Å². The average Bonchev–Trinajstić information content (AvgIpc) is 2.46. The van der Waals surface area contributed by atoms with Gasteiger partial charge in [0.05, 0.1) is 0 Å². The second-order valence-electron chi connectivity index (χ2n) is 5.30. The van der Waals surface area contributed by atoms with Crippen molar-refractivity contribution in [3.63, 3.8) is 0 Å². The normalized spacial score (nSPS) is 17.0. The van der Waals surface area contributed by atoms with Crippen molar-refractivity contribution in [3.8, 4) is 0 Å². The molecule has 1 heterocycles. The van der Waals surface area contributed by atoms with Gasteiger partial charge in [0.25, 0.3) is 0 Å². The standard InChI is InChI=1S/C15H20N2O4/c1-11-3-2-4-12(9-11)10-16-14(20)17-15(13(18)19)5-7-21-8-6-15/h2-4,9H,5-8,10H2,1H3,(H,18,19)(H2,16,17,20). The maximum Gasteiger partial charge on any atom is 0.329 e. The quantitative estimate of drug-likeness (QED) is 0.783. The van der Waals surface area contributed by atoms with E-state index in [2.05, 4.69) is 10.6 Å². The summed E-state index contributed by atoms with van der Waals surface area (Å²) in [6.07, 6.45) is 0.556. The fraction of sp³-hybridized carbons (Fsp3) is 0.467. The van der Waals surface area contributed by atoms with E-state index in [0.717, 1.165) is 11.1 Å². The van der Waals surface area contributed by atoms with E-state index in [-0.39, 0.29) is 12.8 Å². The lowest BCUT2D eigenvalue weighted by molar-refractivity contribution is -0.148. The number of urea groups is 1. The number of aryl methyl sites for hydroxylation is 1. The summed E-state index contributed by atoms with van der Waals surface area (Å²) in [5.74, 6) is -1.02. The van der Waals surface area contributed by atoms with Crippen molar-refractivity contribution in [1.82, 2.24) is 10.6 Å². The highest BCUT2D eigenvalue weighted by atomic mass is 16.5. The van der Waals surface area contributed by atoms with Gasteiger partial charge in [-0.15, -0.1) is 0 Å². The van der Waals surface area contributed by atoms with Gasteiger partial charge in [-0.05, 0) is 12.5 Å². The highest BCUT2D eigenvalue weighted by Crippen LogP contribution is 2.20. The van der Waals surface area contributed by atoms with Crippen LogP contribution in [0.5, 0.6) is 0 Å². The first-order valence-corrected chi connectivity index (χ1v) is 6.94. The maximum absolute atomic E-state index is 12.0. The van der Waals surface area contributed by atoms with Crippen molar-refractivity contribution in [2.45, 2.75) is 31.8 Å². The van der Waals surface area contributed by atoms with Crippen LogP contribution in [0.4, 0.5) is 4.79 Å². The summed E-state index contributed by atoms with van der Waals surface area (Å²) in [6, 6.07) is 7.31. The van der Waals surface area contributed by atoms with Crippen LogP contribution in [0.25, 0.3) is 0 Å². The molecule has 1 aromatic carbocycles. The molecule has 6 heteroatoms. The van der Waals surface area contributed by atoms with Gasteiger partial charge in [-0.25, -0.2) is 9.59 Å². The molecule has 1 aliphatic rings. The maximum atomic E-state index is 12.0. The Balaban J connectivity index is 1.92. The number of rotatable bonds is 4. The molecule has 0 unspecified atom stereocenters. The fourth-order valence-electron chi connectivity index (χ4n) is 2.38. The second kappa shape index (κ2) is 6.58. The molecular formula is C15H20N2O4. The molecule has 2 rings (SSSR count). The summed E-state index contributed by atoms with van der Waals surface area (Å²) >= 11 is 0. The number of amides is 2. The number of carboxylic acids is 1. The Labute approximate surface area is 123 Å². The van der Waals surface area contributed by atoms with Crippen molar-refractivity contribution in [1.29, 1.82) is 0 Å². The average molecular weight is 292 g/mol. The monoisotopic (exact) mass is 292 g/mol. The Kier molecular flexibility index (Phi) is 4.80. The first-order chi connectivity index (χ1) is 10.0. The Morgan fingerprint density at radius 3 is 2.67 bits per heavy atom. The number of ether oxygens (including phenoxy) is 1. The molecule has 0 aliphatic carbocycles. The minimum atomic E-state index is -1.23. The van der Waals surface area contributed by atoms with Crippen molar-refractivity contribution in [2.75, 3.05) is 13.2 Å². The summed E-state index contributed by atoms with van der Waals surface area (Å²) in [7, 11) is 0. The molecule has 6 nitrogen and oxygen atoms in total. The van der Waals surface area contributed by atoms with Crippen LogP contribution in [0.1, 0.15) is 24.0 Å². The highest BCUT2D eigenvalue weighted by Gasteiger charge is 2.41. The third-order valence-electron chi connectivity index (χ3n) is 3.64. The number of carboxylic acid groups (broad SMARTS) is 1. The molecule has 3 N–H and O–H groups in total. The van der Waals surface area contributed by atoms with Gasteiger partial charge in [-0.3, -0.25) is 0 Å². The van der Waals surface area contributed by atoms with Gasteiger partial charge in [-0.1, -0.05) is 29.8 Å². The third-order valence-corrected chi connectivity index (χ3v) is 3.64. The predicted molar refractivity (Wildman–Crippen MR) is 77.0 cm³/mol. The van der Waals surface area contributed by atoms with Crippen LogP contribution >= 0.6 is 0 Å². The first kappa shape index (κ1) is 15.3. The summed E-state index contributed by atoms with van der Waals surface area (Å²) in [5.41, 5.74) is 0.859. The number of hydrogen-bond acceptors (Lipinski definition) is 3. The Morgan fingerprint density at radius 1 is 1.33 bits per heavy atom. The molecule has 0 aromatic heterocycles. The van der Waals surface area contributed by atoms with Crippen LogP contribution in [0, 0.1) is 6.92 Å². The van der Waals surface area contributed by atoms with Crippen LogP contribution in [0.3, 0.4) is 0 Å². The number of hydrogen-bond donors (Lipinski definition) is 3. The van der Waals surface area contributed by atoms with Crippen LogP contribution in [0.15, 0.2) is 24.3 Å². The van der Waals surface area contributed by atoms with Gasteiger partial charge in [0.2, 0.25) is 0 Å². The lowest BCUT2D eigenvalue weighted by Crippen LogP contribution is -2.59. The topological polar surface area (TPSA) is 87.7 Å². The summed E-state index contributed by atoms with van der Waals surface area (Å²) in [5, 5.41) is 14.6. The Hall–Kier alpha value is -2.08. The molecule has 114 valence electrons. The molecule has 2 amide bonds. The number of carbonyl (C=O) groups excluding carboxylic acids is 1. The van der Waals surface area contributed by atoms with Gasteiger partial charge in [-0.2, -0.15) is 0 Å². The SMILES string of the molecule is Cc1cccc(CNC(=O)NC2(C(=O)O)CCOCC2)c1. The molecule has 21 heavy (non-hydrogen) atoms. The van der Waals surface area contributed by atoms with E-state index in [4.69, 9.17) is 4.74 Å². The van der Waals surface area contributed by atoms with E-state index < -0.39 is 17.5 Å². The second-order valence-corrected chi connectivity index (χ2v) is 5.30. The van der Waals surface area contributed by atoms with E-state index in [1.54, 1.807) is 0 Å². The molecule has 0 bridgehead atoms. The van der Waals surface area contributed by atoms with Gasteiger partial charge in [0.15, 0.2) is 0 Å². The number of nitrogens with one attached hydrogen (secondary N) is 2. The van der Waals surface area contributed by atoms with Crippen LogP contribution in [0.2, 0.25) is 0 Å². The molecule has 0 radical (unpaired) electrons. The number of carbonyl (C=O) groups is 2. The van der Waals surface area contributed by atoms with Crippen LogP contribution in [-0.4, -0.2) is 35.9 Å². The highest BCUT2D eigenvalue weighted by molar-refractivity contribution is 5.86. The zero-order valence-corrected chi connectivity index (χ0v) is 12.0. The Morgan fingerprint density at radius 2 is 2.05 bits per heavy atom. The number of benzene rings is 1. The Bertz CT molecular complexity index is 524. The lowest BCUT2D eigenvalue weighted by Gasteiger charge is -2.33. The summed E-state index contributed by atoms with van der Waals surface area (Å²) < 4.78 is 5.16. The number of aliphatic carboxylic acids is 1. The molecule has 1 saturated heterocycles. The van der Waals surface area contributed by atoms with Crippen molar-refractivity contribution >= 4 is 12.0 Å². The summed E-state index contributed by atoms with van der Waals surface area (Å²) in [6.45, 7) is 3.01. The largest absolute Gasteiger partial charge is 0.480 e. The summed E-state index contributed by atoms with van der Waals surface area (Å²) in [4.78, 5) is 23.4. The van der Waals surface area contributed by atoms with Gasteiger partial charge in [0, 0.05) is 32.6 Å². The zero-order valence-electron chi connectivity index (χ0n) is 12.0. The van der Waals surface area contributed by atoms with E-state index in [9.17, 15) is 14.7 Å². The van der Waals surface area contributed by atoms with Crippen LogP contribution in [-0.2, 0) is 16.1 Å². The van der Waals surface area contributed by atoms with Crippen molar-refractivity contribution in [3.05, 3.63) is 35.4 Å². The van der Waals surface area contributed by atoms with Crippen molar-refractivity contribution in [2.24, 2.45) is 0 Å².